The molecule has 2 N–H and O–H groups in total. The highest BCUT2D eigenvalue weighted by molar-refractivity contribution is 6.30. The zero-order chi connectivity index (χ0) is 13.0. The number of aromatic nitrogens is 1. The summed E-state index contributed by atoms with van der Waals surface area (Å²) in [5.41, 5.74) is 7.09. The molecule has 2 rings (SSSR count). The first-order valence-electron chi connectivity index (χ1n) is 6.79. The van der Waals surface area contributed by atoms with Gasteiger partial charge in [-0.25, -0.2) is 4.98 Å². The third kappa shape index (κ3) is 3.44. The van der Waals surface area contributed by atoms with Crippen LogP contribution in [0.1, 0.15) is 38.2 Å². The minimum Gasteiger partial charge on any atom is -0.328 e. The van der Waals surface area contributed by atoms with Gasteiger partial charge in [0.2, 0.25) is 0 Å². The van der Waals surface area contributed by atoms with E-state index in [9.17, 15) is 0 Å². The summed E-state index contributed by atoms with van der Waals surface area (Å²) in [6, 6.07) is 5.06. The maximum Gasteiger partial charge on any atom is 0.133 e. The summed E-state index contributed by atoms with van der Waals surface area (Å²) < 4.78 is 0. The van der Waals surface area contributed by atoms with Gasteiger partial charge < -0.3 is 5.73 Å². The lowest BCUT2D eigenvalue weighted by molar-refractivity contribution is 0.149. The van der Waals surface area contributed by atoms with Crippen molar-refractivity contribution in [1.29, 1.82) is 0 Å². The minimum atomic E-state index is 0.405. The number of hydrogen-bond donors (Lipinski definition) is 1. The summed E-state index contributed by atoms with van der Waals surface area (Å²) in [4.78, 5) is 6.64. The monoisotopic (exact) mass is 267 g/mol. The average molecular weight is 268 g/mol. The lowest BCUT2D eigenvalue weighted by atomic mass is 9.90. The lowest BCUT2D eigenvalue weighted by Crippen LogP contribution is -2.40. The van der Waals surface area contributed by atoms with Crippen molar-refractivity contribution in [3.8, 4) is 0 Å². The molecule has 1 aromatic heterocycles. The van der Waals surface area contributed by atoms with Crippen LogP contribution in [0.3, 0.4) is 0 Å². The zero-order valence-corrected chi connectivity index (χ0v) is 11.7. The van der Waals surface area contributed by atoms with Gasteiger partial charge in [0.25, 0.3) is 0 Å². The van der Waals surface area contributed by atoms with E-state index in [0.29, 0.717) is 17.2 Å². The van der Waals surface area contributed by atoms with Crippen LogP contribution in [0.2, 0.25) is 5.15 Å². The first-order valence-corrected chi connectivity index (χ1v) is 7.17. The van der Waals surface area contributed by atoms with Crippen LogP contribution in [0, 0.1) is 0 Å². The minimum absolute atomic E-state index is 0.405. The molecule has 1 aliphatic carbocycles. The summed E-state index contributed by atoms with van der Waals surface area (Å²) >= 11 is 6.13. The number of halogens is 1. The molecular weight excluding hydrogens is 246 g/mol. The topological polar surface area (TPSA) is 42.2 Å². The molecule has 0 bridgehead atoms. The average Bonchev–Trinajstić information content (AvgIpc) is 2.39. The second-order valence-corrected chi connectivity index (χ2v) is 5.44. The fourth-order valence-corrected chi connectivity index (χ4v) is 2.90. The predicted octanol–water partition coefficient (Wildman–Crippen LogP) is 2.83. The quantitative estimate of drug-likeness (QED) is 0.853. The highest BCUT2D eigenvalue weighted by Crippen LogP contribution is 2.24. The summed E-state index contributed by atoms with van der Waals surface area (Å²) in [6.07, 6.45) is 6.42. The van der Waals surface area contributed by atoms with Crippen LogP contribution in [0.4, 0.5) is 0 Å². The summed E-state index contributed by atoms with van der Waals surface area (Å²) in [6.45, 7) is 4.15. The second-order valence-electron chi connectivity index (χ2n) is 5.09. The summed E-state index contributed by atoms with van der Waals surface area (Å²) in [5, 5.41) is 0.628. The van der Waals surface area contributed by atoms with Crippen molar-refractivity contribution in [1.82, 2.24) is 9.88 Å². The maximum atomic E-state index is 6.13. The van der Waals surface area contributed by atoms with Crippen LogP contribution in [0.15, 0.2) is 18.3 Å². The molecule has 1 aromatic rings. The van der Waals surface area contributed by atoms with Crippen molar-refractivity contribution in [2.75, 3.05) is 6.54 Å². The van der Waals surface area contributed by atoms with Gasteiger partial charge in [-0.3, -0.25) is 4.90 Å². The van der Waals surface area contributed by atoms with E-state index in [4.69, 9.17) is 17.3 Å². The number of rotatable bonds is 4. The normalized spacial score (nSPS) is 24.4. The van der Waals surface area contributed by atoms with E-state index in [1.165, 1.54) is 12.8 Å². The Bertz CT molecular complexity index is 375. The molecule has 0 radical (unpaired) electrons. The van der Waals surface area contributed by atoms with Crippen LogP contribution in [0.25, 0.3) is 0 Å². The van der Waals surface area contributed by atoms with Crippen LogP contribution in [-0.4, -0.2) is 28.5 Å². The Morgan fingerprint density at radius 2 is 2.11 bits per heavy atom. The van der Waals surface area contributed by atoms with Gasteiger partial charge in [-0.05, 0) is 38.3 Å². The van der Waals surface area contributed by atoms with Crippen molar-refractivity contribution in [2.24, 2.45) is 5.73 Å². The molecule has 1 fully saturated rings. The van der Waals surface area contributed by atoms with Crippen molar-refractivity contribution < 1.29 is 0 Å². The van der Waals surface area contributed by atoms with Crippen LogP contribution in [-0.2, 0) is 6.54 Å². The van der Waals surface area contributed by atoms with Crippen molar-refractivity contribution in [3.63, 3.8) is 0 Å². The van der Waals surface area contributed by atoms with Gasteiger partial charge in [-0.2, -0.15) is 0 Å². The van der Waals surface area contributed by atoms with E-state index < -0.39 is 0 Å². The third-order valence-corrected chi connectivity index (χ3v) is 4.21. The molecule has 0 aromatic carbocycles. The Morgan fingerprint density at radius 1 is 1.39 bits per heavy atom. The molecule has 1 heterocycles. The molecule has 100 valence electrons. The van der Waals surface area contributed by atoms with E-state index >= 15 is 0 Å². The second kappa shape index (κ2) is 6.50. The number of pyridine rings is 1. The van der Waals surface area contributed by atoms with Crippen LogP contribution >= 0.6 is 11.6 Å². The molecule has 3 nitrogen and oxygen atoms in total. The SMILES string of the molecule is CCN(Cc1cccnc1Cl)C1CCC(N)CC1. The molecule has 0 atom stereocenters. The highest BCUT2D eigenvalue weighted by Gasteiger charge is 2.23. The number of nitrogens with zero attached hydrogens (tertiary/aromatic N) is 2. The summed E-state index contributed by atoms with van der Waals surface area (Å²) in [7, 11) is 0. The first-order chi connectivity index (χ1) is 8.70. The molecule has 0 amide bonds. The van der Waals surface area contributed by atoms with Gasteiger partial charge in [0.15, 0.2) is 0 Å². The fourth-order valence-electron chi connectivity index (χ4n) is 2.72. The molecule has 18 heavy (non-hydrogen) atoms. The van der Waals surface area contributed by atoms with Gasteiger partial charge in [0.05, 0.1) is 0 Å². The molecule has 0 saturated heterocycles. The molecule has 1 saturated carbocycles. The Kier molecular flexibility index (Phi) is 4.98. The van der Waals surface area contributed by atoms with Gasteiger partial charge in [0.1, 0.15) is 5.15 Å². The van der Waals surface area contributed by atoms with Gasteiger partial charge >= 0.3 is 0 Å². The molecule has 0 aliphatic heterocycles. The Morgan fingerprint density at radius 3 is 2.72 bits per heavy atom. The number of hydrogen-bond acceptors (Lipinski definition) is 3. The van der Waals surface area contributed by atoms with Crippen LogP contribution in [0.5, 0.6) is 0 Å². The Hall–Kier alpha value is -0.640. The van der Waals surface area contributed by atoms with E-state index in [1.54, 1.807) is 6.20 Å². The molecular formula is C14H22ClN3. The smallest absolute Gasteiger partial charge is 0.133 e. The third-order valence-electron chi connectivity index (χ3n) is 3.87. The Labute approximate surface area is 114 Å². The van der Waals surface area contributed by atoms with E-state index in [2.05, 4.69) is 22.9 Å². The largest absolute Gasteiger partial charge is 0.328 e. The highest BCUT2D eigenvalue weighted by atomic mass is 35.5. The standard InChI is InChI=1S/C14H22ClN3/c1-2-18(13-7-5-12(16)6-8-13)10-11-4-3-9-17-14(11)15/h3-4,9,12-13H,2,5-8,10,16H2,1H3. The predicted molar refractivity (Wildman–Crippen MR) is 75.6 cm³/mol. The zero-order valence-electron chi connectivity index (χ0n) is 11.0. The first kappa shape index (κ1) is 13.8. The number of nitrogens with two attached hydrogens (primary N) is 1. The van der Waals surface area contributed by atoms with Crippen molar-refractivity contribution in [2.45, 2.75) is 51.2 Å². The van der Waals surface area contributed by atoms with Gasteiger partial charge in [-0.1, -0.05) is 24.6 Å². The van der Waals surface area contributed by atoms with Crippen molar-refractivity contribution >= 4 is 11.6 Å². The van der Waals surface area contributed by atoms with Gasteiger partial charge in [0, 0.05) is 30.4 Å². The molecule has 4 heteroatoms. The van der Waals surface area contributed by atoms with E-state index in [-0.39, 0.29) is 0 Å². The van der Waals surface area contributed by atoms with Crippen molar-refractivity contribution in [3.05, 3.63) is 29.0 Å². The Balaban J connectivity index is 1.99. The van der Waals surface area contributed by atoms with Gasteiger partial charge in [-0.15, -0.1) is 0 Å². The maximum absolute atomic E-state index is 6.13. The lowest BCUT2D eigenvalue weighted by Gasteiger charge is -2.35. The van der Waals surface area contributed by atoms with E-state index in [0.717, 1.165) is 31.5 Å². The fraction of sp³-hybridized carbons (Fsp3) is 0.643. The van der Waals surface area contributed by atoms with Crippen LogP contribution < -0.4 is 5.73 Å². The molecule has 1 aliphatic rings. The van der Waals surface area contributed by atoms with E-state index in [1.807, 2.05) is 6.07 Å². The summed E-state index contributed by atoms with van der Waals surface area (Å²) in [5.74, 6) is 0. The molecule has 0 unspecified atom stereocenters. The molecule has 0 spiro atoms.